The summed E-state index contributed by atoms with van der Waals surface area (Å²) in [5.41, 5.74) is 3.30. The first-order valence-electron chi connectivity index (χ1n) is 6.37. The second-order valence-electron chi connectivity index (χ2n) is 4.59. The summed E-state index contributed by atoms with van der Waals surface area (Å²) in [7, 11) is 0. The van der Waals surface area contributed by atoms with Crippen LogP contribution < -0.4 is 5.32 Å². The van der Waals surface area contributed by atoms with E-state index in [1.807, 2.05) is 24.3 Å². The van der Waals surface area contributed by atoms with Crippen molar-refractivity contribution in [1.82, 2.24) is 0 Å². The summed E-state index contributed by atoms with van der Waals surface area (Å²) in [4.78, 5) is 13.6. The molecule has 2 aromatic carbocycles. The molecule has 2 rings (SSSR count). The third kappa shape index (κ3) is 3.75. The highest BCUT2D eigenvalue weighted by atomic mass is 32.2. The van der Waals surface area contributed by atoms with E-state index in [9.17, 15) is 4.79 Å². The number of benzene rings is 2. The third-order valence-corrected chi connectivity index (χ3v) is 4.05. The fourth-order valence-electron chi connectivity index (χ4n) is 1.74. The lowest BCUT2D eigenvalue weighted by Crippen LogP contribution is -2.06. The van der Waals surface area contributed by atoms with Gasteiger partial charge in [-0.3, -0.25) is 4.79 Å². The second kappa shape index (κ2) is 6.44. The molecule has 2 nitrogen and oxygen atoms in total. The molecule has 0 aromatic heterocycles. The van der Waals surface area contributed by atoms with E-state index in [0.717, 1.165) is 10.6 Å². The van der Waals surface area contributed by atoms with Gasteiger partial charge in [0.1, 0.15) is 0 Å². The quantitative estimate of drug-likeness (QED) is 0.832. The Labute approximate surface area is 123 Å². The molecule has 0 unspecified atom stereocenters. The molecule has 0 atom stereocenters. The van der Waals surface area contributed by atoms with Crippen molar-refractivity contribution in [3.63, 3.8) is 0 Å². The lowest BCUT2D eigenvalue weighted by molar-refractivity contribution is -0.111. The van der Waals surface area contributed by atoms with Gasteiger partial charge in [0, 0.05) is 15.5 Å². The lowest BCUT2D eigenvalue weighted by Gasteiger charge is -2.08. The molecule has 2 aromatic rings. The molecular formula is C17H17NOS. The summed E-state index contributed by atoms with van der Waals surface area (Å²) in [5, 5.41) is 2.74. The highest BCUT2D eigenvalue weighted by Gasteiger charge is 2.03. The van der Waals surface area contributed by atoms with Crippen LogP contribution in [0.3, 0.4) is 0 Å². The molecule has 0 aliphatic heterocycles. The van der Waals surface area contributed by atoms with Crippen LogP contribution in [-0.2, 0) is 4.79 Å². The molecule has 20 heavy (non-hydrogen) atoms. The molecule has 0 radical (unpaired) electrons. The van der Waals surface area contributed by atoms with Crippen molar-refractivity contribution in [3.05, 3.63) is 66.2 Å². The van der Waals surface area contributed by atoms with Crippen LogP contribution in [-0.4, -0.2) is 5.91 Å². The monoisotopic (exact) mass is 283 g/mol. The molecule has 0 heterocycles. The van der Waals surface area contributed by atoms with Crippen LogP contribution in [0.25, 0.3) is 0 Å². The maximum atomic E-state index is 11.2. The Hall–Kier alpha value is -2.00. The number of rotatable bonds is 4. The first-order chi connectivity index (χ1) is 9.58. The van der Waals surface area contributed by atoms with Crippen LogP contribution in [0.15, 0.2) is 64.9 Å². The molecule has 0 saturated heterocycles. The summed E-state index contributed by atoms with van der Waals surface area (Å²) in [5.74, 6) is -0.195. The zero-order valence-corrected chi connectivity index (χ0v) is 12.5. The van der Waals surface area contributed by atoms with Crippen LogP contribution in [0.2, 0.25) is 0 Å². The average molecular weight is 283 g/mol. The molecule has 0 fully saturated rings. The van der Waals surface area contributed by atoms with Gasteiger partial charge in [-0.2, -0.15) is 0 Å². The van der Waals surface area contributed by atoms with Crippen LogP contribution >= 0.6 is 11.8 Å². The minimum Gasteiger partial charge on any atom is -0.323 e. The minimum absolute atomic E-state index is 0.195. The van der Waals surface area contributed by atoms with E-state index in [-0.39, 0.29) is 5.91 Å². The molecule has 102 valence electrons. The lowest BCUT2D eigenvalue weighted by atomic mass is 10.2. The van der Waals surface area contributed by atoms with Gasteiger partial charge in [0.15, 0.2) is 0 Å². The van der Waals surface area contributed by atoms with Crippen molar-refractivity contribution < 1.29 is 4.79 Å². The Morgan fingerprint density at radius 2 is 1.85 bits per heavy atom. The van der Waals surface area contributed by atoms with Crippen molar-refractivity contribution in [2.75, 3.05) is 5.32 Å². The van der Waals surface area contributed by atoms with Crippen molar-refractivity contribution in [1.29, 1.82) is 0 Å². The zero-order chi connectivity index (χ0) is 14.5. The summed E-state index contributed by atoms with van der Waals surface area (Å²) in [6.45, 7) is 7.64. The smallest absolute Gasteiger partial charge is 0.247 e. The van der Waals surface area contributed by atoms with Gasteiger partial charge in [-0.1, -0.05) is 30.5 Å². The number of carbonyl (C=O) groups is 1. The number of hydrogen-bond acceptors (Lipinski definition) is 2. The van der Waals surface area contributed by atoms with Gasteiger partial charge in [0.05, 0.1) is 0 Å². The largest absolute Gasteiger partial charge is 0.323 e. The van der Waals surface area contributed by atoms with Gasteiger partial charge in [-0.05, 0) is 61.4 Å². The maximum absolute atomic E-state index is 11.2. The summed E-state index contributed by atoms with van der Waals surface area (Å²) >= 11 is 1.73. The number of carbonyl (C=O) groups excluding carboxylic acids is 1. The SMILES string of the molecule is C=CC(=O)Nc1ccc(Sc2cc(C)ccc2C)cc1. The predicted octanol–water partition coefficient (Wildman–Crippen LogP) is 4.58. The third-order valence-electron chi connectivity index (χ3n) is 2.88. The Morgan fingerprint density at radius 3 is 2.50 bits per heavy atom. The number of amides is 1. The van der Waals surface area contributed by atoms with Gasteiger partial charge < -0.3 is 5.32 Å². The predicted molar refractivity (Wildman–Crippen MR) is 85.3 cm³/mol. The van der Waals surface area contributed by atoms with E-state index in [0.29, 0.717) is 0 Å². The van der Waals surface area contributed by atoms with Crippen LogP contribution in [0.4, 0.5) is 5.69 Å². The zero-order valence-electron chi connectivity index (χ0n) is 11.6. The van der Waals surface area contributed by atoms with Crippen molar-refractivity contribution in [2.24, 2.45) is 0 Å². The minimum atomic E-state index is -0.195. The Balaban J connectivity index is 2.12. The van der Waals surface area contributed by atoms with E-state index in [1.165, 1.54) is 22.1 Å². The van der Waals surface area contributed by atoms with Gasteiger partial charge >= 0.3 is 0 Å². The van der Waals surface area contributed by atoms with Gasteiger partial charge in [-0.25, -0.2) is 0 Å². The first kappa shape index (κ1) is 14.4. The van der Waals surface area contributed by atoms with Gasteiger partial charge in [0.25, 0.3) is 0 Å². The summed E-state index contributed by atoms with van der Waals surface area (Å²) in [6.07, 6.45) is 1.26. The number of aryl methyl sites for hydroxylation is 2. The van der Waals surface area contributed by atoms with Crippen molar-refractivity contribution >= 4 is 23.4 Å². The van der Waals surface area contributed by atoms with Crippen LogP contribution in [0.1, 0.15) is 11.1 Å². The average Bonchev–Trinajstić information content (AvgIpc) is 2.45. The molecular weight excluding hydrogens is 266 g/mol. The van der Waals surface area contributed by atoms with Gasteiger partial charge in [-0.15, -0.1) is 0 Å². The number of hydrogen-bond donors (Lipinski definition) is 1. The fraction of sp³-hybridized carbons (Fsp3) is 0.118. The molecule has 3 heteroatoms. The highest BCUT2D eigenvalue weighted by molar-refractivity contribution is 7.99. The molecule has 1 amide bonds. The number of anilines is 1. The van der Waals surface area contributed by atoms with E-state index in [2.05, 4.69) is 43.9 Å². The van der Waals surface area contributed by atoms with E-state index in [1.54, 1.807) is 11.8 Å². The standard InChI is InChI=1S/C17H17NOS/c1-4-17(19)18-14-7-9-15(10-8-14)20-16-11-12(2)5-6-13(16)3/h4-11H,1H2,2-3H3,(H,18,19). The van der Waals surface area contributed by atoms with Crippen LogP contribution in [0, 0.1) is 13.8 Å². The molecule has 0 saturated carbocycles. The van der Waals surface area contributed by atoms with E-state index < -0.39 is 0 Å². The van der Waals surface area contributed by atoms with Crippen molar-refractivity contribution in [3.8, 4) is 0 Å². The molecule has 0 spiro atoms. The van der Waals surface area contributed by atoms with Crippen LogP contribution in [0.5, 0.6) is 0 Å². The maximum Gasteiger partial charge on any atom is 0.247 e. The second-order valence-corrected chi connectivity index (χ2v) is 5.70. The summed E-state index contributed by atoms with van der Waals surface area (Å²) < 4.78 is 0. The van der Waals surface area contributed by atoms with Crippen molar-refractivity contribution in [2.45, 2.75) is 23.6 Å². The van der Waals surface area contributed by atoms with Gasteiger partial charge in [0.2, 0.25) is 5.91 Å². The Kier molecular flexibility index (Phi) is 4.64. The summed E-state index contributed by atoms with van der Waals surface area (Å²) in [6, 6.07) is 14.2. The topological polar surface area (TPSA) is 29.1 Å². The molecule has 1 N–H and O–H groups in total. The highest BCUT2D eigenvalue weighted by Crippen LogP contribution is 2.31. The van der Waals surface area contributed by atoms with E-state index in [4.69, 9.17) is 0 Å². The fourth-order valence-corrected chi connectivity index (χ4v) is 2.74. The first-order valence-corrected chi connectivity index (χ1v) is 7.19. The molecule has 0 bridgehead atoms. The number of nitrogens with one attached hydrogen (secondary N) is 1. The molecule has 0 aliphatic carbocycles. The van der Waals surface area contributed by atoms with E-state index >= 15 is 0 Å². The Bertz CT molecular complexity index is 632. The normalized spacial score (nSPS) is 10.1. The Morgan fingerprint density at radius 1 is 1.15 bits per heavy atom. The molecule has 0 aliphatic rings.